The topological polar surface area (TPSA) is 61.8 Å². The number of esters is 2. The predicted molar refractivity (Wildman–Crippen MR) is 279 cm³/mol. The standard InChI is InChI=1S/C59H102O5/c1-4-7-10-13-16-19-22-25-28-30-32-34-37-40-43-46-49-52-58(60)63-56-57(55-62-54-51-48-45-42-39-36-33-29-26-23-20-17-14-11-8-5-2)64-59(61)53-50-47-44-41-38-35-31-27-24-21-18-15-12-9-6-3/h8,11,16-17,19-20,25-26,28-29,36,39,45,48,57H,4-7,9-10,12-15,18,21-24,27,30-35,37-38,40-44,46-47,49-56H2,1-3H3/b11-8-,19-16-,20-17-,28-25-,29-26-,39-36-,48-45-. The molecule has 1 atom stereocenters. The zero-order chi connectivity index (χ0) is 46.3. The van der Waals surface area contributed by atoms with Gasteiger partial charge in [-0.2, -0.15) is 0 Å². The van der Waals surface area contributed by atoms with E-state index in [0.717, 1.165) is 77.0 Å². The molecule has 0 aromatic carbocycles. The maximum Gasteiger partial charge on any atom is 0.306 e. The van der Waals surface area contributed by atoms with E-state index in [-0.39, 0.29) is 25.2 Å². The number of carbonyl (C=O) groups is 2. The molecular weight excluding hydrogens is 789 g/mol. The zero-order valence-corrected chi connectivity index (χ0v) is 42.3. The van der Waals surface area contributed by atoms with Gasteiger partial charge in [-0.25, -0.2) is 0 Å². The quantitative estimate of drug-likeness (QED) is 0.0346. The van der Waals surface area contributed by atoms with Crippen LogP contribution < -0.4 is 0 Å². The molecular formula is C59H102O5. The van der Waals surface area contributed by atoms with Crippen molar-refractivity contribution in [2.24, 2.45) is 0 Å². The average Bonchev–Trinajstić information content (AvgIpc) is 3.30. The number of carbonyl (C=O) groups excluding carboxylic acids is 2. The van der Waals surface area contributed by atoms with Crippen LogP contribution in [0, 0.1) is 0 Å². The minimum absolute atomic E-state index is 0.0504. The lowest BCUT2D eigenvalue weighted by Crippen LogP contribution is -2.30. The lowest BCUT2D eigenvalue weighted by atomic mass is 10.0. The second-order valence-corrected chi connectivity index (χ2v) is 17.8. The van der Waals surface area contributed by atoms with Crippen molar-refractivity contribution < 1.29 is 23.8 Å². The highest BCUT2D eigenvalue weighted by atomic mass is 16.6. The molecule has 64 heavy (non-hydrogen) atoms. The molecule has 0 heterocycles. The van der Waals surface area contributed by atoms with Crippen molar-refractivity contribution in [3.8, 4) is 0 Å². The summed E-state index contributed by atoms with van der Waals surface area (Å²) in [5.41, 5.74) is 0. The van der Waals surface area contributed by atoms with Crippen LogP contribution in [0.4, 0.5) is 0 Å². The average molecular weight is 891 g/mol. The van der Waals surface area contributed by atoms with Crippen LogP contribution in [0.25, 0.3) is 0 Å². The van der Waals surface area contributed by atoms with E-state index in [1.165, 1.54) is 141 Å². The van der Waals surface area contributed by atoms with Gasteiger partial charge in [0, 0.05) is 12.8 Å². The van der Waals surface area contributed by atoms with Gasteiger partial charge in [0.1, 0.15) is 6.61 Å². The molecule has 0 N–H and O–H groups in total. The summed E-state index contributed by atoms with van der Waals surface area (Å²) in [6.45, 7) is 7.49. The van der Waals surface area contributed by atoms with Crippen molar-refractivity contribution in [2.75, 3.05) is 19.8 Å². The summed E-state index contributed by atoms with van der Waals surface area (Å²) in [7, 11) is 0. The predicted octanol–water partition coefficient (Wildman–Crippen LogP) is 18.5. The molecule has 368 valence electrons. The van der Waals surface area contributed by atoms with Gasteiger partial charge in [0.05, 0.1) is 13.2 Å². The summed E-state index contributed by atoms with van der Waals surface area (Å²) in [4.78, 5) is 25.4. The number of hydrogen-bond acceptors (Lipinski definition) is 5. The highest BCUT2D eigenvalue weighted by Gasteiger charge is 2.17. The zero-order valence-electron chi connectivity index (χ0n) is 42.3. The van der Waals surface area contributed by atoms with Crippen molar-refractivity contribution in [1.29, 1.82) is 0 Å². The first kappa shape index (κ1) is 61.1. The van der Waals surface area contributed by atoms with Crippen LogP contribution in [0.5, 0.6) is 0 Å². The van der Waals surface area contributed by atoms with Crippen molar-refractivity contribution >= 4 is 11.9 Å². The Morgan fingerprint density at radius 2 is 0.703 bits per heavy atom. The highest BCUT2D eigenvalue weighted by molar-refractivity contribution is 5.70. The van der Waals surface area contributed by atoms with E-state index in [1.54, 1.807) is 0 Å². The summed E-state index contributed by atoms with van der Waals surface area (Å²) >= 11 is 0. The van der Waals surface area contributed by atoms with Crippen molar-refractivity contribution in [1.82, 2.24) is 0 Å². The van der Waals surface area contributed by atoms with Gasteiger partial charge in [-0.05, 0) is 83.5 Å². The molecule has 0 spiro atoms. The third-order valence-electron chi connectivity index (χ3n) is 11.4. The molecule has 0 fully saturated rings. The van der Waals surface area contributed by atoms with Crippen LogP contribution in [0.2, 0.25) is 0 Å². The number of allylic oxidation sites excluding steroid dienone is 13. The summed E-state index contributed by atoms with van der Waals surface area (Å²) in [6, 6.07) is 0. The molecule has 0 aliphatic rings. The Balaban J connectivity index is 4.38. The smallest absolute Gasteiger partial charge is 0.306 e. The lowest BCUT2D eigenvalue weighted by Gasteiger charge is -2.18. The lowest BCUT2D eigenvalue weighted by molar-refractivity contribution is -0.162. The molecule has 0 aliphatic heterocycles. The minimum atomic E-state index is -0.581. The van der Waals surface area contributed by atoms with Gasteiger partial charge >= 0.3 is 11.9 Å². The van der Waals surface area contributed by atoms with Gasteiger partial charge < -0.3 is 14.2 Å². The summed E-state index contributed by atoms with van der Waals surface area (Å²) < 4.78 is 17.3. The Kier molecular flexibility index (Phi) is 51.9. The van der Waals surface area contributed by atoms with Gasteiger partial charge in [-0.3, -0.25) is 9.59 Å². The van der Waals surface area contributed by atoms with Crippen molar-refractivity contribution in [3.63, 3.8) is 0 Å². The Morgan fingerprint density at radius 3 is 1.16 bits per heavy atom. The van der Waals surface area contributed by atoms with E-state index >= 15 is 0 Å². The van der Waals surface area contributed by atoms with E-state index < -0.39 is 6.10 Å². The van der Waals surface area contributed by atoms with Crippen LogP contribution in [0.15, 0.2) is 85.1 Å². The van der Waals surface area contributed by atoms with Gasteiger partial charge in [-0.1, -0.05) is 241 Å². The summed E-state index contributed by atoms with van der Waals surface area (Å²) in [5.74, 6) is -0.441. The molecule has 0 amide bonds. The maximum atomic E-state index is 12.8. The number of rotatable bonds is 49. The molecule has 0 rings (SSSR count). The highest BCUT2D eigenvalue weighted by Crippen LogP contribution is 2.15. The van der Waals surface area contributed by atoms with Gasteiger partial charge in [-0.15, -0.1) is 0 Å². The third-order valence-corrected chi connectivity index (χ3v) is 11.4. The second-order valence-electron chi connectivity index (χ2n) is 17.8. The molecule has 0 bridgehead atoms. The molecule has 1 unspecified atom stereocenters. The normalized spacial score (nSPS) is 12.9. The number of hydrogen-bond donors (Lipinski definition) is 0. The van der Waals surface area contributed by atoms with E-state index in [0.29, 0.717) is 19.4 Å². The molecule has 0 aromatic heterocycles. The first-order valence-electron chi connectivity index (χ1n) is 27.1. The molecule has 5 nitrogen and oxygen atoms in total. The largest absolute Gasteiger partial charge is 0.462 e. The van der Waals surface area contributed by atoms with Crippen LogP contribution in [0.3, 0.4) is 0 Å². The SMILES string of the molecule is CC/C=C\C/C=C\C/C=C\C/C=C\C/C=C\CCOCC(COC(=O)CCCCCCCCC/C=C\C/C=C\CCCCC)OC(=O)CCCCCCCCCCCCCCCCC. The van der Waals surface area contributed by atoms with E-state index in [4.69, 9.17) is 14.2 Å². The van der Waals surface area contributed by atoms with E-state index in [9.17, 15) is 9.59 Å². The number of ether oxygens (including phenoxy) is 3. The fourth-order valence-electron chi connectivity index (χ4n) is 7.43. The Hall–Kier alpha value is -2.92. The van der Waals surface area contributed by atoms with Crippen LogP contribution >= 0.6 is 0 Å². The van der Waals surface area contributed by atoms with Crippen molar-refractivity contribution in [3.05, 3.63) is 85.1 Å². The van der Waals surface area contributed by atoms with Crippen molar-refractivity contribution in [2.45, 2.75) is 258 Å². The van der Waals surface area contributed by atoms with Crippen LogP contribution in [0.1, 0.15) is 252 Å². The fraction of sp³-hybridized carbons (Fsp3) is 0.729. The molecule has 0 radical (unpaired) electrons. The summed E-state index contributed by atoms with van der Waals surface area (Å²) in [5, 5.41) is 0. The Labute approximate surface area is 397 Å². The second kappa shape index (κ2) is 54.4. The molecule has 0 aromatic rings. The first-order valence-corrected chi connectivity index (χ1v) is 27.1. The van der Waals surface area contributed by atoms with E-state index in [1.807, 2.05) is 0 Å². The monoisotopic (exact) mass is 891 g/mol. The Bertz CT molecular complexity index is 1190. The summed E-state index contributed by atoms with van der Waals surface area (Å²) in [6.07, 6.45) is 71.8. The van der Waals surface area contributed by atoms with Gasteiger partial charge in [0.25, 0.3) is 0 Å². The molecule has 5 heteroatoms. The van der Waals surface area contributed by atoms with E-state index in [2.05, 4.69) is 106 Å². The maximum absolute atomic E-state index is 12.8. The first-order chi connectivity index (χ1) is 31.6. The molecule has 0 aliphatic carbocycles. The fourth-order valence-corrected chi connectivity index (χ4v) is 7.43. The number of unbranched alkanes of at least 4 members (excludes halogenated alkanes) is 24. The van der Waals surface area contributed by atoms with Crippen LogP contribution in [-0.2, 0) is 23.8 Å². The van der Waals surface area contributed by atoms with Gasteiger partial charge in [0.2, 0.25) is 0 Å². The van der Waals surface area contributed by atoms with Gasteiger partial charge in [0.15, 0.2) is 6.10 Å². The molecule has 0 saturated heterocycles. The minimum Gasteiger partial charge on any atom is -0.462 e. The molecule has 0 saturated carbocycles. The van der Waals surface area contributed by atoms with Crippen LogP contribution in [-0.4, -0.2) is 37.9 Å². The Morgan fingerprint density at radius 1 is 0.359 bits per heavy atom. The third kappa shape index (κ3) is 51.7.